The summed E-state index contributed by atoms with van der Waals surface area (Å²) in [6.45, 7) is 8.54. The van der Waals surface area contributed by atoms with Crippen molar-refractivity contribution in [3.05, 3.63) is 15.6 Å². The highest BCUT2D eigenvalue weighted by atomic mass is 32.1. The number of carbonyl (C=O) groups excluding carboxylic acids is 2. The topological polar surface area (TPSA) is 105 Å². The summed E-state index contributed by atoms with van der Waals surface area (Å²) in [6.07, 6.45) is 2.11. The van der Waals surface area contributed by atoms with Gasteiger partial charge in [0.15, 0.2) is 5.96 Å². The lowest BCUT2D eigenvalue weighted by atomic mass is 10.3. The average molecular weight is 382 g/mol. The molecule has 1 aliphatic carbocycles. The third-order valence-electron chi connectivity index (χ3n) is 3.67. The van der Waals surface area contributed by atoms with Gasteiger partial charge >= 0.3 is 5.97 Å². The Labute approximate surface area is 157 Å². The molecule has 0 bridgehead atoms. The highest BCUT2D eigenvalue weighted by Crippen LogP contribution is 2.24. The summed E-state index contributed by atoms with van der Waals surface area (Å²) in [5, 5.41) is 10.0. The first-order valence-electron chi connectivity index (χ1n) is 8.93. The molecule has 9 heteroatoms. The number of aromatic nitrogens is 1. The van der Waals surface area contributed by atoms with E-state index in [1.165, 1.54) is 11.3 Å². The molecule has 26 heavy (non-hydrogen) atoms. The van der Waals surface area contributed by atoms with E-state index < -0.39 is 0 Å². The van der Waals surface area contributed by atoms with Gasteiger partial charge in [-0.15, -0.1) is 11.3 Å². The molecule has 1 amide bonds. The number of hydrogen-bond donors (Lipinski definition) is 3. The van der Waals surface area contributed by atoms with Crippen molar-refractivity contribution in [2.24, 2.45) is 4.99 Å². The first-order valence-corrected chi connectivity index (χ1v) is 9.74. The van der Waals surface area contributed by atoms with Gasteiger partial charge in [-0.2, -0.15) is 0 Å². The lowest BCUT2D eigenvalue weighted by Crippen LogP contribution is -2.39. The van der Waals surface area contributed by atoms with E-state index in [1.807, 2.05) is 13.8 Å². The number of carbonyl (C=O) groups is 2. The molecule has 0 aliphatic heterocycles. The van der Waals surface area contributed by atoms with Crippen molar-refractivity contribution < 1.29 is 14.3 Å². The smallest absolute Gasteiger partial charge is 0.350 e. The number of hydrogen-bond acceptors (Lipinski definition) is 6. The fraction of sp³-hybridized carbons (Fsp3) is 0.647. The molecule has 1 aliphatic rings. The highest BCUT2D eigenvalue weighted by molar-refractivity contribution is 7.13. The largest absolute Gasteiger partial charge is 0.462 e. The molecule has 1 atom stereocenters. The molecule has 1 aromatic heterocycles. The SMILES string of the molecule is CCNC(=NCC(=O)NC1CC1)NC(C)c1nc(C)c(C(=O)OCC)s1. The number of aryl methyl sites for hydroxylation is 1. The number of rotatable bonds is 8. The summed E-state index contributed by atoms with van der Waals surface area (Å²) in [6, 6.07) is 0.165. The molecule has 0 saturated heterocycles. The second kappa shape index (κ2) is 9.51. The van der Waals surface area contributed by atoms with Gasteiger partial charge in [-0.25, -0.2) is 14.8 Å². The zero-order chi connectivity index (χ0) is 19.1. The Morgan fingerprint density at radius 2 is 2.12 bits per heavy atom. The number of aliphatic imine (C=N–C) groups is 1. The molecule has 0 radical (unpaired) electrons. The summed E-state index contributed by atoms with van der Waals surface area (Å²) in [7, 11) is 0. The van der Waals surface area contributed by atoms with Gasteiger partial charge in [0, 0.05) is 12.6 Å². The molecule has 144 valence electrons. The van der Waals surface area contributed by atoms with Crippen molar-refractivity contribution in [3.8, 4) is 0 Å². The molecule has 3 N–H and O–H groups in total. The Kier molecular flexibility index (Phi) is 7.38. The van der Waals surface area contributed by atoms with Crippen LogP contribution in [0.15, 0.2) is 4.99 Å². The normalized spacial score (nSPS) is 15.3. The van der Waals surface area contributed by atoms with E-state index in [-0.39, 0.29) is 24.5 Å². The van der Waals surface area contributed by atoms with E-state index in [9.17, 15) is 9.59 Å². The Morgan fingerprint density at radius 3 is 2.73 bits per heavy atom. The highest BCUT2D eigenvalue weighted by Gasteiger charge is 2.23. The van der Waals surface area contributed by atoms with E-state index in [2.05, 4.69) is 25.9 Å². The van der Waals surface area contributed by atoms with Crippen molar-refractivity contribution in [2.45, 2.75) is 52.6 Å². The number of guanidine groups is 1. The maximum atomic E-state index is 11.9. The Hall–Kier alpha value is -2.16. The van der Waals surface area contributed by atoms with Gasteiger partial charge in [-0.3, -0.25) is 4.79 Å². The fourth-order valence-electron chi connectivity index (χ4n) is 2.23. The van der Waals surface area contributed by atoms with Gasteiger partial charge < -0.3 is 20.7 Å². The number of nitrogens with one attached hydrogen (secondary N) is 3. The molecule has 1 unspecified atom stereocenters. The van der Waals surface area contributed by atoms with E-state index in [0.29, 0.717) is 35.7 Å². The summed E-state index contributed by atoms with van der Waals surface area (Å²) < 4.78 is 5.05. The minimum atomic E-state index is -0.349. The summed E-state index contributed by atoms with van der Waals surface area (Å²) in [5.41, 5.74) is 0.655. The van der Waals surface area contributed by atoms with Crippen molar-refractivity contribution in [1.29, 1.82) is 0 Å². The van der Waals surface area contributed by atoms with E-state index in [0.717, 1.165) is 17.8 Å². The van der Waals surface area contributed by atoms with Crippen LogP contribution in [-0.4, -0.2) is 48.6 Å². The molecule has 1 fully saturated rings. The maximum absolute atomic E-state index is 11.9. The van der Waals surface area contributed by atoms with Crippen LogP contribution in [0.4, 0.5) is 0 Å². The Bertz CT molecular complexity index is 669. The summed E-state index contributed by atoms with van der Waals surface area (Å²) >= 11 is 1.31. The first kappa shape index (κ1) is 20.2. The van der Waals surface area contributed by atoms with Gasteiger partial charge in [-0.05, 0) is 40.5 Å². The molecule has 0 aromatic carbocycles. The molecule has 2 rings (SSSR count). The van der Waals surface area contributed by atoms with Crippen LogP contribution in [0.2, 0.25) is 0 Å². The summed E-state index contributed by atoms with van der Waals surface area (Å²) in [4.78, 5) is 33.1. The number of nitrogens with zero attached hydrogens (tertiary/aromatic N) is 2. The average Bonchev–Trinajstić information content (AvgIpc) is 3.31. The van der Waals surface area contributed by atoms with Crippen molar-refractivity contribution in [2.75, 3.05) is 19.7 Å². The van der Waals surface area contributed by atoms with Crippen LogP contribution in [-0.2, 0) is 9.53 Å². The Balaban J connectivity index is 1.99. The van der Waals surface area contributed by atoms with Crippen molar-refractivity contribution in [1.82, 2.24) is 20.9 Å². The standard InChI is InChI=1S/C17H27N5O3S/c1-5-18-17(19-9-13(23)22-12-7-8-12)21-11(4)15-20-10(3)14(26-15)16(24)25-6-2/h11-12H,5-9H2,1-4H3,(H,22,23)(H2,18,19,21). The maximum Gasteiger partial charge on any atom is 0.350 e. The molecule has 1 aromatic rings. The zero-order valence-electron chi connectivity index (χ0n) is 15.7. The minimum absolute atomic E-state index is 0.0729. The van der Waals surface area contributed by atoms with Crippen LogP contribution < -0.4 is 16.0 Å². The van der Waals surface area contributed by atoms with E-state index in [4.69, 9.17) is 4.74 Å². The molecular weight excluding hydrogens is 354 g/mol. The van der Waals surface area contributed by atoms with Gasteiger partial charge in [0.2, 0.25) is 5.91 Å². The van der Waals surface area contributed by atoms with Crippen molar-refractivity contribution in [3.63, 3.8) is 0 Å². The second-order valence-electron chi connectivity index (χ2n) is 6.09. The van der Waals surface area contributed by atoms with Gasteiger partial charge in [-0.1, -0.05) is 0 Å². The monoisotopic (exact) mass is 381 g/mol. The van der Waals surface area contributed by atoms with Gasteiger partial charge in [0.1, 0.15) is 16.4 Å². The quantitative estimate of drug-likeness (QED) is 0.358. The predicted octanol–water partition coefficient (Wildman–Crippen LogP) is 1.52. The number of thiazole rings is 1. The lowest BCUT2D eigenvalue weighted by Gasteiger charge is -2.16. The van der Waals surface area contributed by atoms with Crippen LogP contribution >= 0.6 is 11.3 Å². The molecule has 8 nitrogen and oxygen atoms in total. The Morgan fingerprint density at radius 1 is 1.38 bits per heavy atom. The van der Waals surface area contributed by atoms with Crippen LogP contribution in [0.1, 0.15) is 60.0 Å². The molecule has 0 spiro atoms. The van der Waals surface area contributed by atoms with Crippen LogP contribution in [0.3, 0.4) is 0 Å². The second-order valence-corrected chi connectivity index (χ2v) is 7.12. The fourth-order valence-corrected chi connectivity index (χ4v) is 3.19. The third-order valence-corrected chi connectivity index (χ3v) is 4.99. The van der Waals surface area contributed by atoms with Gasteiger partial charge in [0.25, 0.3) is 0 Å². The lowest BCUT2D eigenvalue weighted by molar-refractivity contribution is -0.119. The number of ether oxygens (including phenoxy) is 1. The van der Waals surface area contributed by atoms with Crippen LogP contribution in [0, 0.1) is 6.92 Å². The van der Waals surface area contributed by atoms with E-state index >= 15 is 0 Å². The molecule has 1 heterocycles. The van der Waals surface area contributed by atoms with Gasteiger partial charge in [0.05, 0.1) is 18.3 Å². The first-order chi connectivity index (χ1) is 12.4. The van der Waals surface area contributed by atoms with Crippen molar-refractivity contribution >= 4 is 29.2 Å². The predicted molar refractivity (Wildman–Crippen MR) is 102 cm³/mol. The zero-order valence-corrected chi connectivity index (χ0v) is 16.5. The minimum Gasteiger partial charge on any atom is -0.462 e. The number of esters is 1. The molecular formula is C17H27N5O3S. The summed E-state index contributed by atoms with van der Waals surface area (Å²) in [5.74, 6) is 0.113. The molecule has 1 saturated carbocycles. The van der Waals surface area contributed by atoms with Crippen LogP contribution in [0.25, 0.3) is 0 Å². The van der Waals surface area contributed by atoms with E-state index in [1.54, 1.807) is 13.8 Å². The number of amides is 1. The third kappa shape index (κ3) is 5.98. The van der Waals surface area contributed by atoms with Crippen LogP contribution in [0.5, 0.6) is 0 Å².